The maximum Gasteiger partial charge on any atom is 0.335 e. The molecular weight excluding hydrogens is 440 g/mol. The topological polar surface area (TPSA) is 78.9 Å². The fraction of sp³-hybridized carbons (Fsp3) is 0.261. The number of aromatic carboxylic acids is 1. The van der Waals surface area contributed by atoms with Gasteiger partial charge in [-0.2, -0.15) is 5.26 Å². The van der Waals surface area contributed by atoms with E-state index in [0.717, 1.165) is 32.1 Å². The van der Waals surface area contributed by atoms with E-state index in [2.05, 4.69) is 11.1 Å². The summed E-state index contributed by atoms with van der Waals surface area (Å²) in [7, 11) is 0. The van der Waals surface area contributed by atoms with Crippen molar-refractivity contribution in [1.82, 2.24) is 9.55 Å². The molecule has 1 heterocycles. The van der Waals surface area contributed by atoms with Crippen LogP contribution in [0.1, 0.15) is 59.9 Å². The zero-order chi connectivity index (χ0) is 22.1. The number of carboxylic acids is 1. The van der Waals surface area contributed by atoms with Crippen LogP contribution in [0.25, 0.3) is 16.9 Å². The summed E-state index contributed by atoms with van der Waals surface area (Å²) in [5, 5.41) is 19.4. The van der Waals surface area contributed by atoms with E-state index < -0.39 is 11.8 Å². The first-order valence-corrected chi connectivity index (χ1v) is 10.7. The molecule has 2 aromatic carbocycles. The lowest BCUT2D eigenvalue weighted by Gasteiger charge is -2.23. The number of halogens is 3. The zero-order valence-corrected chi connectivity index (χ0v) is 17.9. The Labute approximate surface area is 188 Å². The number of nitriles is 1. The molecule has 1 aromatic heterocycles. The van der Waals surface area contributed by atoms with Gasteiger partial charge in [0.2, 0.25) is 0 Å². The summed E-state index contributed by atoms with van der Waals surface area (Å²) in [5.74, 6) is -1.17. The molecule has 0 unspecified atom stereocenters. The fourth-order valence-electron chi connectivity index (χ4n) is 4.18. The van der Waals surface area contributed by atoms with Gasteiger partial charge in [-0.15, -0.1) is 0 Å². The van der Waals surface area contributed by atoms with Gasteiger partial charge in [0.05, 0.1) is 22.0 Å². The second kappa shape index (κ2) is 8.70. The Balaban J connectivity index is 2.05. The average molecular weight is 458 g/mol. The molecule has 1 aliphatic carbocycles. The standard InChI is InChI=1S/C23H18Cl2FN3O2/c24-16-10-14(9-15(11-16)23(30)31)21-18(12-27)28-22(13-5-2-1-3-6-13)29(21)19-8-4-7-17(25)20(19)26/h4,7-11,13H,1-3,5-6H2,(H,30,31). The number of hydrogen-bond donors (Lipinski definition) is 1. The van der Waals surface area contributed by atoms with Crippen molar-refractivity contribution in [2.45, 2.75) is 38.0 Å². The number of nitrogens with zero attached hydrogens (tertiary/aromatic N) is 3. The lowest BCUT2D eigenvalue weighted by Crippen LogP contribution is -2.13. The molecule has 5 nitrogen and oxygen atoms in total. The predicted molar refractivity (Wildman–Crippen MR) is 116 cm³/mol. The van der Waals surface area contributed by atoms with Crippen LogP contribution in [0.4, 0.5) is 4.39 Å². The Bertz CT molecular complexity index is 1210. The third-order valence-corrected chi connectivity index (χ3v) is 6.08. The molecule has 0 saturated heterocycles. The average Bonchev–Trinajstić information content (AvgIpc) is 3.15. The molecule has 0 spiro atoms. The molecule has 0 amide bonds. The highest BCUT2D eigenvalue weighted by Gasteiger charge is 2.29. The third kappa shape index (κ3) is 4.04. The maximum atomic E-state index is 15.1. The first kappa shape index (κ1) is 21.4. The van der Waals surface area contributed by atoms with Gasteiger partial charge in [0.15, 0.2) is 11.5 Å². The molecule has 0 radical (unpaired) electrons. The smallest absolute Gasteiger partial charge is 0.335 e. The van der Waals surface area contributed by atoms with Gasteiger partial charge in [-0.3, -0.25) is 4.57 Å². The lowest BCUT2D eigenvalue weighted by molar-refractivity contribution is 0.0697. The monoisotopic (exact) mass is 457 g/mol. The normalized spacial score (nSPS) is 14.4. The van der Waals surface area contributed by atoms with Crippen LogP contribution < -0.4 is 0 Å². The number of aromatic nitrogens is 2. The molecule has 0 bridgehead atoms. The van der Waals surface area contributed by atoms with Gasteiger partial charge in [0, 0.05) is 16.5 Å². The number of hydrogen-bond acceptors (Lipinski definition) is 3. The minimum atomic E-state index is -1.16. The zero-order valence-electron chi connectivity index (χ0n) is 16.4. The van der Waals surface area contributed by atoms with Crippen LogP contribution in [0.3, 0.4) is 0 Å². The van der Waals surface area contributed by atoms with Crippen molar-refractivity contribution in [1.29, 1.82) is 5.26 Å². The van der Waals surface area contributed by atoms with E-state index in [0.29, 0.717) is 17.1 Å². The molecule has 158 valence electrons. The highest BCUT2D eigenvalue weighted by molar-refractivity contribution is 6.31. The van der Waals surface area contributed by atoms with E-state index >= 15 is 4.39 Å². The first-order valence-electron chi connectivity index (χ1n) is 9.92. The molecule has 3 aromatic rings. The van der Waals surface area contributed by atoms with Crippen molar-refractivity contribution in [2.75, 3.05) is 0 Å². The van der Waals surface area contributed by atoms with Crippen LogP contribution in [0.5, 0.6) is 0 Å². The first-order chi connectivity index (χ1) is 14.9. The summed E-state index contributed by atoms with van der Waals surface area (Å²) in [4.78, 5) is 16.2. The second-order valence-corrected chi connectivity index (χ2v) is 8.40. The Morgan fingerprint density at radius 3 is 2.61 bits per heavy atom. The summed E-state index contributed by atoms with van der Waals surface area (Å²) in [6, 6.07) is 11.0. The molecule has 1 N–H and O–H groups in total. The van der Waals surface area contributed by atoms with Gasteiger partial charge in [0.25, 0.3) is 0 Å². The summed E-state index contributed by atoms with van der Waals surface area (Å²) < 4.78 is 16.8. The Hall–Kier alpha value is -2.88. The molecule has 0 aliphatic heterocycles. The minimum Gasteiger partial charge on any atom is -0.478 e. The summed E-state index contributed by atoms with van der Waals surface area (Å²) in [6.07, 6.45) is 4.91. The van der Waals surface area contributed by atoms with Crippen molar-refractivity contribution >= 4 is 29.2 Å². The van der Waals surface area contributed by atoms with Gasteiger partial charge in [-0.25, -0.2) is 14.2 Å². The largest absolute Gasteiger partial charge is 0.478 e. The molecule has 1 saturated carbocycles. The van der Waals surface area contributed by atoms with Crippen LogP contribution in [-0.2, 0) is 0 Å². The van der Waals surface area contributed by atoms with E-state index in [-0.39, 0.29) is 32.9 Å². The summed E-state index contributed by atoms with van der Waals surface area (Å²) in [6.45, 7) is 0. The molecular formula is C23H18Cl2FN3O2. The predicted octanol–water partition coefficient (Wildman–Crippen LogP) is 6.60. The highest BCUT2D eigenvalue weighted by atomic mass is 35.5. The Kier molecular flexibility index (Phi) is 5.99. The maximum absolute atomic E-state index is 15.1. The van der Waals surface area contributed by atoms with E-state index in [4.69, 9.17) is 23.2 Å². The molecule has 31 heavy (non-hydrogen) atoms. The molecule has 8 heteroatoms. The van der Waals surface area contributed by atoms with E-state index in [1.807, 2.05) is 0 Å². The SMILES string of the molecule is N#Cc1nc(C2CCCCC2)n(-c2cccc(Cl)c2F)c1-c1cc(Cl)cc(C(=O)O)c1. The van der Waals surface area contributed by atoms with Crippen LogP contribution in [0.2, 0.25) is 10.0 Å². The van der Waals surface area contributed by atoms with Gasteiger partial charge in [-0.05, 0) is 43.2 Å². The molecule has 1 fully saturated rings. The lowest BCUT2D eigenvalue weighted by atomic mass is 9.88. The molecule has 1 aliphatic rings. The van der Waals surface area contributed by atoms with Crippen LogP contribution in [0.15, 0.2) is 36.4 Å². The minimum absolute atomic E-state index is 0.0371. The third-order valence-electron chi connectivity index (χ3n) is 5.57. The summed E-state index contributed by atoms with van der Waals surface area (Å²) in [5.41, 5.74) is 0.877. The number of carboxylic acid groups (broad SMARTS) is 1. The second-order valence-electron chi connectivity index (χ2n) is 7.56. The van der Waals surface area contributed by atoms with Crippen molar-refractivity contribution in [3.05, 3.63) is 69.3 Å². The van der Waals surface area contributed by atoms with E-state index in [1.165, 1.54) is 18.2 Å². The number of benzene rings is 2. The van der Waals surface area contributed by atoms with E-state index in [1.54, 1.807) is 22.8 Å². The Morgan fingerprint density at radius 1 is 1.19 bits per heavy atom. The fourth-order valence-corrected chi connectivity index (χ4v) is 4.58. The van der Waals surface area contributed by atoms with Gasteiger partial charge < -0.3 is 5.11 Å². The molecule has 4 rings (SSSR count). The molecule has 0 atom stereocenters. The van der Waals surface area contributed by atoms with E-state index in [9.17, 15) is 15.2 Å². The number of carbonyl (C=O) groups is 1. The van der Waals surface area contributed by atoms with Crippen LogP contribution >= 0.6 is 23.2 Å². The van der Waals surface area contributed by atoms with Gasteiger partial charge >= 0.3 is 5.97 Å². The van der Waals surface area contributed by atoms with Crippen molar-refractivity contribution in [3.8, 4) is 23.0 Å². The highest BCUT2D eigenvalue weighted by Crippen LogP contribution is 2.39. The number of rotatable bonds is 4. The Morgan fingerprint density at radius 2 is 1.94 bits per heavy atom. The number of imidazole rings is 1. The van der Waals surface area contributed by atoms with Crippen molar-refractivity contribution < 1.29 is 14.3 Å². The summed E-state index contributed by atoms with van der Waals surface area (Å²) >= 11 is 12.2. The van der Waals surface area contributed by atoms with Crippen molar-refractivity contribution in [3.63, 3.8) is 0 Å². The van der Waals surface area contributed by atoms with Crippen LogP contribution in [-0.4, -0.2) is 20.6 Å². The van der Waals surface area contributed by atoms with Crippen LogP contribution in [0, 0.1) is 17.1 Å². The van der Waals surface area contributed by atoms with Crippen molar-refractivity contribution in [2.24, 2.45) is 0 Å². The quantitative estimate of drug-likeness (QED) is 0.478. The van der Waals surface area contributed by atoms with Gasteiger partial charge in [-0.1, -0.05) is 48.5 Å². The van der Waals surface area contributed by atoms with Gasteiger partial charge in [0.1, 0.15) is 11.9 Å².